The number of nitrogens with one attached hydrogen (secondary N) is 3. The second-order valence-corrected chi connectivity index (χ2v) is 17.7. The summed E-state index contributed by atoms with van der Waals surface area (Å²) in [5.41, 5.74) is 3.31. The Morgan fingerprint density at radius 3 is 2.48 bits per heavy atom. The number of benzene rings is 2. The van der Waals surface area contributed by atoms with E-state index in [2.05, 4.69) is 30.8 Å². The summed E-state index contributed by atoms with van der Waals surface area (Å²) in [6.45, 7) is 6.78. The molecular formula is C46H54F2N10O5. The van der Waals surface area contributed by atoms with Crippen molar-refractivity contribution < 1.29 is 28.0 Å². The lowest BCUT2D eigenvalue weighted by molar-refractivity contribution is -0.137. The number of halogens is 2. The Bertz CT molecular complexity index is 2480. The van der Waals surface area contributed by atoms with E-state index < -0.39 is 17.9 Å². The number of nitrogens with zero attached hydrogens (tertiary/aromatic N) is 7. The van der Waals surface area contributed by atoms with Crippen LogP contribution in [0.1, 0.15) is 91.4 Å². The van der Waals surface area contributed by atoms with E-state index in [9.17, 15) is 24.0 Å². The highest BCUT2D eigenvalue weighted by atomic mass is 19.3. The predicted octanol–water partition coefficient (Wildman–Crippen LogP) is 4.86. The van der Waals surface area contributed by atoms with Gasteiger partial charge in [-0.25, -0.2) is 18.7 Å². The normalized spacial score (nSPS) is 24.2. The molecule has 2 atom stereocenters. The van der Waals surface area contributed by atoms with Crippen molar-refractivity contribution in [3.05, 3.63) is 87.5 Å². The molecule has 3 N–H and O–H groups in total. The van der Waals surface area contributed by atoms with Gasteiger partial charge in [-0.3, -0.25) is 33.9 Å². The van der Waals surface area contributed by atoms with Crippen LogP contribution in [-0.4, -0.2) is 111 Å². The Hall–Kier alpha value is -5.97. The van der Waals surface area contributed by atoms with Gasteiger partial charge in [0.05, 0.1) is 11.9 Å². The van der Waals surface area contributed by atoms with Crippen LogP contribution >= 0.6 is 0 Å². The summed E-state index contributed by atoms with van der Waals surface area (Å²) in [4.78, 5) is 82.4. The number of piperidine rings is 1. The van der Waals surface area contributed by atoms with E-state index in [4.69, 9.17) is 0 Å². The predicted molar refractivity (Wildman–Crippen MR) is 234 cm³/mol. The summed E-state index contributed by atoms with van der Waals surface area (Å²) in [6.07, 6.45) is 5.89. The molecule has 0 aliphatic carbocycles. The first kappa shape index (κ1) is 42.3. The minimum absolute atomic E-state index is 0.00577. The van der Waals surface area contributed by atoms with Crippen molar-refractivity contribution in [2.24, 2.45) is 5.92 Å². The molecule has 10 rings (SSSR count). The zero-order chi connectivity index (χ0) is 43.8. The van der Waals surface area contributed by atoms with Gasteiger partial charge in [0.25, 0.3) is 17.4 Å². The summed E-state index contributed by atoms with van der Waals surface area (Å²) >= 11 is 0. The molecule has 4 amide bonds. The van der Waals surface area contributed by atoms with E-state index in [1.54, 1.807) is 39.8 Å². The fourth-order valence-corrected chi connectivity index (χ4v) is 9.80. The van der Waals surface area contributed by atoms with E-state index >= 15 is 8.78 Å². The highest BCUT2D eigenvalue weighted by molar-refractivity contribution is 6.06. The van der Waals surface area contributed by atoms with Gasteiger partial charge in [-0.05, 0) is 74.9 Å². The van der Waals surface area contributed by atoms with Crippen LogP contribution in [0.4, 0.5) is 26.0 Å². The summed E-state index contributed by atoms with van der Waals surface area (Å²) in [7, 11) is 0. The quantitative estimate of drug-likeness (QED) is 0.235. The molecule has 0 spiro atoms. The van der Waals surface area contributed by atoms with E-state index in [1.165, 1.54) is 17.3 Å². The molecule has 1 unspecified atom stereocenters. The van der Waals surface area contributed by atoms with Crippen LogP contribution in [0.25, 0.3) is 11.0 Å². The number of fused-ring (bicyclic) bond motifs is 9. The highest BCUT2D eigenvalue weighted by Gasteiger charge is 2.40. The molecule has 17 heteroatoms. The summed E-state index contributed by atoms with van der Waals surface area (Å²) in [5, 5.41) is 9.65. The number of carbonyl (C=O) groups excluding carboxylic acids is 4. The zero-order valence-corrected chi connectivity index (χ0v) is 35.6. The van der Waals surface area contributed by atoms with Gasteiger partial charge < -0.3 is 30.2 Å². The number of hydrogen-bond acceptors (Lipinski definition) is 11. The molecule has 8 heterocycles. The molecule has 6 aliphatic rings. The minimum atomic E-state index is -2.94. The lowest BCUT2D eigenvalue weighted by Crippen LogP contribution is -2.52. The summed E-state index contributed by atoms with van der Waals surface area (Å²) < 4.78 is 32.9. The molecule has 6 aliphatic heterocycles. The number of pyridine rings is 1. The van der Waals surface area contributed by atoms with Gasteiger partial charge in [0.15, 0.2) is 0 Å². The Kier molecular flexibility index (Phi) is 11.9. The average Bonchev–Trinajstić information content (AvgIpc) is 3.60. The third-order valence-corrected chi connectivity index (χ3v) is 13.5. The van der Waals surface area contributed by atoms with Crippen molar-refractivity contribution in [3.8, 4) is 0 Å². The molecule has 0 radical (unpaired) electrons. The van der Waals surface area contributed by atoms with Gasteiger partial charge in [-0.1, -0.05) is 37.1 Å². The number of hydrogen-bond donors (Lipinski definition) is 3. The fourth-order valence-electron chi connectivity index (χ4n) is 9.80. The van der Waals surface area contributed by atoms with Crippen molar-refractivity contribution in [1.82, 2.24) is 34.6 Å². The Morgan fingerprint density at radius 2 is 1.68 bits per heavy atom. The van der Waals surface area contributed by atoms with Gasteiger partial charge in [-0.2, -0.15) is 0 Å². The molecule has 2 aromatic carbocycles. The molecular weight excluding hydrogens is 811 g/mol. The van der Waals surface area contributed by atoms with Crippen LogP contribution < -0.4 is 26.4 Å². The molecule has 3 fully saturated rings. The maximum atomic E-state index is 15.6. The molecule has 4 aromatic rings. The van der Waals surface area contributed by atoms with Crippen LogP contribution in [0.2, 0.25) is 0 Å². The number of amides is 4. The zero-order valence-electron chi connectivity index (χ0n) is 35.6. The summed E-state index contributed by atoms with van der Waals surface area (Å²) in [5.74, 6) is -3.42. The molecule has 0 saturated carbocycles. The van der Waals surface area contributed by atoms with Gasteiger partial charge in [0, 0.05) is 93.6 Å². The topological polar surface area (TPSA) is 165 Å². The maximum Gasteiger partial charge on any atom is 0.275 e. The smallest absolute Gasteiger partial charge is 0.275 e. The number of aromatic nitrogens is 3. The van der Waals surface area contributed by atoms with E-state index in [-0.39, 0.29) is 67.2 Å². The Morgan fingerprint density at radius 1 is 0.905 bits per heavy atom. The summed E-state index contributed by atoms with van der Waals surface area (Å²) in [6, 6.07) is 12.5. The number of rotatable bonds is 5. The Labute approximate surface area is 364 Å². The van der Waals surface area contributed by atoms with E-state index in [0.29, 0.717) is 90.0 Å². The first-order chi connectivity index (χ1) is 30.4. The molecule has 2 aromatic heterocycles. The van der Waals surface area contributed by atoms with Crippen molar-refractivity contribution >= 4 is 51.9 Å². The SMILES string of the molecule is C[C@H]1Nc2ncnc3c2cc(N2CCN(C(=O)CNc4cccc5c4CN(C4CCC(=O)NC4=O)C5=O)CC2)c(=O)n3CCCCCCN2CC(CCC(F)(F)c3cccc1c3)C2. The molecule has 63 heavy (non-hydrogen) atoms. The number of aryl methyl sites for hydroxylation is 1. The van der Waals surface area contributed by atoms with E-state index in [1.807, 2.05) is 24.0 Å². The van der Waals surface area contributed by atoms with Crippen molar-refractivity contribution in [3.63, 3.8) is 0 Å². The second-order valence-electron chi connectivity index (χ2n) is 17.7. The van der Waals surface area contributed by atoms with Gasteiger partial charge in [-0.15, -0.1) is 0 Å². The average molecular weight is 865 g/mol. The number of carbonyl (C=O) groups is 4. The largest absolute Gasteiger partial charge is 0.376 e. The van der Waals surface area contributed by atoms with Crippen LogP contribution in [0.15, 0.2) is 59.7 Å². The number of piperazine rings is 1. The molecule has 3 saturated heterocycles. The molecule has 8 bridgehead atoms. The standard InChI is InChI=1S/C46H54F2N10O5/c1-29-31-8-6-9-32(22-31)46(47,48)15-14-30-25-54(26-30)16-4-2-3-5-17-57-42-34(41(52-29)50-28-51-42)23-38(45(57)63)55-18-20-56(21-19-55)40(60)24-49-36-11-7-10-33-35(36)27-58(44(33)62)37-12-13-39(59)53-43(37)61/h6-11,22-23,28-30,37,49H,2-5,12-21,24-27H2,1H3,(H,50,51,52)(H,53,59,61)/t29-,37?/m1/s1. The number of alkyl halides is 2. The van der Waals surface area contributed by atoms with Gasteiger partial charge >= 0.3 is 0 Å². The molecule has 332 valence electrons. The third-order valence-electron chi connectivity index (χ3n) is 13.5. The van der Waals surface area contributed by atoms with Crippen LogP contribution in [-0.2, 0) is 33.4 Å². The van der Waals surface area contributed by atoms with Gasteiger partial charge in [0.1, 0.15) is 29.5 Å². The number of anilines is 3. The van der Waals surface area contributed by atoms with E-state index in [0.717, 1.165) is 45.3 Å². The van der Waals surface area contributed by atoms with Crippen molar-refractivity contribution in [1.29, 1.82) is 0 Å². The van der Waals surface area contributed by atoms with Gasteiger partial charge in [0.2, 0.25) is 17.7 Å². The first-order valence-electron chi connectivity index (χ1n) is 22.3. The lowest BCUT2D eigenvalue weighted by atomic mass is 9.90. The van der Waals surface area contributed by atoms with Crippen LogP contribution in [0.5, 0.6) is 0 Å². The fraction of sp³-hybridized carbons (Fsp3) is 0.500. The van der Waals surface area contributed by atoms with Crippen molar-refractivity contribution in [2.45, 2.75) is 89.4 Å². The minimum Gasteiger partial charge on any atom is -0.376 e. The first-order valence-corrected chi connectivity index (χ1v) is 22.3. The maximum absolute atomic E-state index is 15.6. The third kappa shape index (κ3) is 8.71. The monoisotopic (exact) mass is 864 g/mol. The van der Waals surface area contributed by atoms with Crippen LogP contribution in [0.3, 0.4) is 0 Å². The lowest BCUT2D eigenvalue weighted by Gasteiger charge is -2.40. The highest BCUT2D eigenvalue weighted by Crippen LogP contribution is 2.38. The second kappa shape index (κ2) is 17.7. The van der Waals surface area contributed by atoms with Crippen LogP contribution in [0, 0.1) is 5.92 Å². The number of imide groups is 1. The molecule has 15 nitrogen and oxygen atoms in total. The van der Waals surface area contributed by atoms with Crippen molar-refractivity contribution in [2.75, 3.05) is 67.9 Å². The Balaban J connectivity index is 0.908.